The summed E-state index contributed by atoms with van der Waals surface area (Å²) >= 11 is 0. The minimum absolute atomic E-state index is 0.0305. The SMILES string of the molecule is COCC(C)(C)[C@@H]1Cc2cc(OCCCO)c(OC)cc2-c2cc(=O)c(C(=O)O)cn21. The summed E-state index contributed by atoms with van der Waals surface area (Å²) < 4.78 is 18.6. The quantitative estimate of drug-likeness (QED) is 0.588. The van der Waals surface area contributed by atoms with E-state index in [1.165, 1.54) is 19.4 Å². The molecule has 8 nitrogen and oxygen atoms in total. The molecule has 2 heterocycles. The molecule has 1 atom stereocenters. The molecule has 0 radical (unpaired) electrons. The van der Waals surface area contributed by atoms with Gasteiger partial charge >= 0.3 is 5.97 Å². The third-order valence-corrected chi connectivity index (χ3v) is 5.70. The molecule has 1 aromatic heterocycles. The van der Waals surface area contributed by atoms with Gasteiger partial charge in [-0.05, 0) is 24.1 Å². The van der Waals surface area contributed by atoms with E-state index in [0.29, 0.717) is 43.2 Å². The van der Waals surface area contributed by atoms with Crippen LogP contribution in [0.3, 0.4) is 0 Å². The monoisotopic (exact) mass is 431 g/mol. The summed E-state index contributed by atoms with van der Waals surface area (Å²) in [6.45, 7) is 4.94. The maximum atomic E-state index is 12.5. The number of carboxylic acids is 1. The summed E-state index contributed by atoms with van der Waals surface area (Å²) in [5, 5.41) is 18.5. The third-order valence-electron chi connectivity index (χ3n) is 5.70. The van der Waals surface area contributed by atoms with Gasteiger partial charge in [0.2, 0.25) is 0 Å². The van der Waals surface area contributed by atoms with E-state index in [1.54, 1.807) is 7.11 Å². The summed E-state index contributed by atoms with van der Waals surface area (Å²) in [6, 6.07) is 4.95. The molecule has 2 N–H and O–H groups in total. The predicted molar refractivity (Wildman–Crippen MR) is 115 cm³/mol. The molecule has 168 valence electrons. The first kappa shape index (κ1) is 22.8. The maximum Gasteiger partial charge on any atom is 0.341 e. The molecule has 0 bridgehead atoms. The van der Waals surface area contributed by atoms with E-state index in [0.717, 1.165) is 11.1 Å². The first-order valence-corrected chi connectivity index (χ1v) is 10.2. The Hall–Kier alpha value is -2.84. The number of aliphatic hydroxyl groups is 1. The Labute approximate surface area is 181 Å². The van der Waals surface area contributed by atoms with Crippen molar-refractivity contribution in [1.29, 1.82) is 0 Å². The summed E-state index contributed by atoms with van der Waals surface area (Å²) in [7, 11) is 3.17. The number of hydrogen-bond donors (Lipinski definition) is 2. The number of methoxy groups -OCH3 is 2. The number of hydrogen-bond acceptors (Lipinski definition) is 6. The van der Waals surface area contributed by atoms with Crippen molar-refractivity contribution in [2.45, 2.75) is 32.7 Å². The van der Waals surface area contributed by atoms with Gasteiger partial charge in [-0.1, -0.05) is 13.8 Å². The molecule has 0 aliphatic carbocycles. The zero-order valence-corrected chi connectivity index (χ0v) is 18.3. The summed E-state index contributed by atoms with van der Waals surface area (Å²) in [6.07, 6.45) is 2.53. The standard InChI is InChI=1S/C23H29NO7/c1-23(2,13-29-3)21-9-14-8-20(31-7-5-6-25)19(30-4)10-15(14)17-11-18(26)16(22(27)28)12-24(17)21/h8,10-12,21,25H,5-7,9,13H2,1-4H3,(H,27,28)/t21-/m0/s1. The molecule has 0 unspecified atom stereocenters. The van der Waals surface area contributed by atoms with Crippen molar-refractivity contribution >= 4 is 5.97 Å². The van der Waals surface area contributed by atoms with Gasteiger partial charge in [0.1, 0.15) is 5.56 Å². The fourth-order valence-corrected chi connectivity index (χ4v) is 4.14. The number of benzene rings is 1. The Morgan fingerprint density at radius 1 is 1.23 bits per heavy atom. The fraction of sp³-hybridized carbons (Fsp3) is 0.478. The van der Waals surface area contributed by atoms with Gasteiger partial charge in [0, 0.05) is 49.4 Å². The second kappa shape index (κ2) is 9.11. The van der Waals surface area contributed by atoms with E-state index < -0.39 is 11.4 Å². The van der Waals surface area contributed by atoms with Crippen LogP contribution in [0.15, 0.2) is 29.2 Å². The number of carboxylic acid groups (broad SMARTS) is 1. The molecular formula is C23H29NO7. The number of aliphatic hydroxyl groups excluding tert-OH is 1. The molecule has 3 rings (SSSR count). The van der Waals surface area contributed by atoms with Crippen LogP contribution in [0.5, 0.6) is 11.5 Å². The van der Waals surface area contributed by atoms with Gasteiger partial charge < -0.3 is 29.0 Å². The highest BCUT2D eigenvalue weighted by Gasteiger charge is 2.37. The number of nitrogens with zero attached hydrogens (tertiary/aromatic N) is 1. The van der Waals surface area contributed by atoms with Gasteiger partial charge in [-0.2, -0.15) is 0 Å². The Bertz CT molecular complexity index is 1030. The summed E-state index contributed by atoms with van der Waals surface area (Å²) in [5.74, 6) is -0.178. The van der Waals surface area contributed by atoms with E-state index in [9.17, 15) is 14.7 Å². The van der Waals surface area contributed by atoms with Crippen molar-refractivity contribution in [3.63, 3.8) is 0 Å². The van der Waals surface area contributed by atoms with Crippen LogP contribution >= 0.6 is 0 Å². The van der Waals surface area contributed by atoms with Crippen LogP contribution in [0.2, 0.25) is 0 Å². The van der Waals surface area contributed by atoms with E-state index >= 15 is 0 Å². The lowest BCUT2D eigenvalue weighted by molar-refractivity contribution is 0.0615. The smallest absolute Gasteiger partial charge is 0.341 e. The molecule has 0 saturated heterocycles. The molecule has 1 aliphatic heterocycles. The van der Waals surface area contributed by atoms with Gasteiger partial charge in [0.15, 0.2) is 16.9 Å². The number of ether oxygens (including phenoxy) is 3. The molecule has 2 aromatic rings. The maximum absolute atomic E-state index is 12.5. The van der Waals surface area contributed by atoms with Gasteiger partial charge in [-0.15, -0.1) is 0 Å². The fourth-order valence-electron chi connectivity index (χ4n) is 4.14. The highest BCUT2D eigenvalue weighted by Crippen LogP contribution is 2.46. The number of carbonyl (C=O) groups is 1. The number of aromatic carboxylic acids is 1. The van der Waals surface area contributed by atoms with Crippen molar-refractivity contribution in [3.8, 4) is 22.8 Å². The highest BCUT2D eigenvalue weighted by molar-refractivity contribution is 5.88. The molecular weight excluding hydrogens is 402 g/mol. The lowest BCUT2D eigenvalue weighted by Gasteiger charge is -2.40. The van der Waals surface area contributed by atoms with E-state index in [1.807, 2.05) is 16.7 Å². The summed E-state index contributed by atoms with van der Waals surface area (Å²) in [4.78, 5) is 24.1. The number of pyridine rings is 1. The third kappa shape index (κ3) is 4.45. The van der Waals surface area contributed by atoms with Gasteiger partial charge in [0.25, 0.3) is 0 Å². The van der Waals surface area contributed by atoms with Crippen molar-refractivity contribution in [1.82, 2.24) is 4.57 Å². The normalized spacial score (nSPS) is 15.2. The van der Waals surface area contributed by atoms with Crippen LogP contribution in [0, 0.1) is 5.41 Å². The molecule has 0 amide bonds. The molecule has 0 saturated carbocycles. The first-order valence-electron chi connectivity index (χ1n) is 10.2. The average molecular weight is 431 g/mol. The zero-order valence-electron chi connectivity index (χ0n) is 18.3. The molecule has 0 fully saturated rings. The largest absolute Gasteiger partial charge is 0.493 e. The van der Waals surface area contributed by atoms with Crippen molar-refractivity contribution in [2.24, 2.45) is 5.41 Å². The molecule has 1 aliphatic rings. The lowest BCUT2D eigenvalue weighted by Crippen LogP contribution is -2.37. The van der Waals surface area contributed by atoms with Crippen LogP contribution in [-0.4, -0.2) is 54.8 Å². The number of fused-ring (bicyclic) bond motifs is 3. The van der Waals surface area contributed by atoms with Crippen LogP contribution < -0.4 is 14.9 Å². The predicted octanol–water partition coefficient (Wildman–Crippen LogP) is 2.75. The van der Waals surface area contributed by atoms with Crippen LogP contribution in [-0.2, 0) is 11.2 Å². The second-order valence-corrected chi connectivity index (χ2v) is 8.38. The van der Waals surface area contributed by atoms with Crippen molar-refractivity contribution in [3.05, 3.63) is 45.7 Å². The minimum Gasteiger partial charge on any atom is -0.493 e. The Kier molecular flexibility index (Phi) is 6.71. The highest BCUT2D eigenvalue weighted by atomic mass is 16.5. The Morgan fingerprint density at radius 3 is 2.58 bits per heavy atom. The van der Waals surface area contributed by atoms with Gasteiger partial charge in [-0.25, -0.2) is 4.79 Å². The first-order chi connectivity index (χ1) is 14.7. The molecule has 1 aromatic carbocycles. The number of rotatable bonds is 9. The van der Waals surface area contributed by atoms with Crippen LogP contribution in [0.1, 0.15) is 42.2 Å². The molecule has 31 heavy (non-hydrogen) atoms. The minimum atomic E-state index is -1.25. The summed E-state index contributed by atoms with van der Waals surface area (Å²) in [5.41, 5.74) is 1.24. The topological polar surface area (TPSA) is 107 Å². The average Bonchev–Trinajstić information content (AvgIpc) is 2.72. The van der Waals surface area contributed by atoms with Crippen molar-refractivity contribution < 1.29 is 29.2 Å². The van der Waals surface area contributed by atoms with Crippen molar-refractivity contribution in [2.75, 3.05) is 34.0 Å². The van der Waals surface area contributed by atoms with Gasteiger partial charge in [-0.3, -0.25) is 4.79 Å². The van der Waals surface area contributed by atoms with E-state index in [4.69, 9.17) is 19.3 Å². The lowest BCUT2D eigenvalue weighted by atomic mass is 9.77. The number of aromatic nitrogens is 1. The van der Waals surface area contributed by atoms with Crippen LogP contribution in [0.25, 0.3) is 11.3 Å². The van der Waals surface area contributed by atoms with E-state index in [-0.39, 0.29) is 23.6 Å². The Morgan fingerprint density at radius 2 is 1.97 bits per heavy atom. The zero-order chi connectivity index (χ0) is 22.8. The van der Waals surface area contributed by atoms with Crippen LogP contribution in [0.4, 0.5) is 0 Å². The Balaban J connectivity index is 2.21. The second-order valence-electron chi connectivity index (χ2n) is 8.38. The van der Waals surface area contributed by atoms with Gasteiger partial charge in [0.05, 0.1) is 26.0 Å². The molecule has 0 spiro atoms. The van der Waals surface area contributed by atoms with E-state index in [2.05, 4.69) is 13.8 Å². The molecule has 8 heteroatoms.